The molecule has 0 spiro atoms. The summed E-state index contributed by atoms with van der Waals surface area (Å²) in [6, 6.07) is 12.0. The van der Waals surface area contributed by atoms with Gasteiger partial charge in [-0.1, -0.05) is 51.1 Å². The third-order valence-electron chi connectivity index (χ3n) is 6.69. The van der Waals surface area contributed by atoms with E-state index in [1.807, 2.05) is 30.5 Å². The maximum atomic E-state index is 14.6. The monoisotopic (exact) mass is 477 g/mol. The molecule has 1 saturated carbocycles. The smallest absolute Gasteiger partial charge is 0.192 e. The lowest BCUT2D eigenvalue weighted by Crippen LogP contribution is -2.48. The SMILES string of the molecule is CSCOC1(c2cc(CO[Si](C)(C)C(C)(C)C)c(F)cn2)CC(OCc2ccccc2)C1. The number of rotatable bonds is 10. The van der Waals surface area contributed by atoms with Gasteiger partial charge in [-0.15, -0.1) is 11.8 Å². The Labute approximate surface area is 197 Å². The highest BCUT2D eigenvalue weighted by Gasteiger charge is 2.49. The summed E-state index contributed by atoms with van der Waals surface area (Å²) in [7, 11) is -1.98. The summed E-state index contributed by atoms with van der Waals surface area (Å²) < 4.78 is 33.2. The van der Waals surface area contributed by atoms with Crippen LogP contribution in [0.2, 0.25) is 18.1 Å². The lowest BCUT2D eigenvalue weighted by atomic mass is 9.74. The van der Waals surface area contributed by atoms with E-state index in [0.29, 0.717) is 31.0 Å². The Morgan fingerprint density at radius 3 is 2.47 bits per heavy atom. The molecule has 0 unspecified atom stereocenters. The number of hydrogen-bond acceptors (Lipinski definition) is 5. The Hall–Kier alpha value is -1.25. The number of halogens is 1. The van der Waals surface area contributed by atoms with E-state index in [9.17, 15) is 4.39 Å². The lowest BCUT2D eigenvalue weighted by Gasteiger charge is -2.46. The van der Waals surface area contributed by atoms with Crippen LogP contribution in [-0.2, 0) is 32.7 Å². The molecule has 0 radical (unpaired) electrons. The zero-order chi connectivity index (χ0) is 23.4. The minimum Gasteiger partial charge on any atom is -0.412 e. The van der Waals surface area contributed by atoms with Crippen molar-refractivity contribution >= 4 is 20.1 Å². The van der Waals surface area contributed by atoms with Crippen LogP contribution in [0.4, 0.5) is 4.39 Å². The first-order chi connectivity index (χ1) is 15.1. The van der Waals surface area contributed by atoms with Gasteiger partial charge in [0.25, 0.3) is 0 Å². The normalized spacial score (nSPS) is 21.4. The molecule has 0 amide bonds. The molecule has 2 aromatic rings. The summed E-state index contributed by atoms with van der Waals surface area (Å²) in [4.78, 5) is 4.42. The topological polar surface area (TPSA) is 40.6 Å². The van der Waals surface area contributed by atoms with Gasteiger partial charge in [0, 0.05) is 18.4 Å². The average molecular weight is 478 g/mol. The predicted octanol–water partition coefficient (Wildman–Crippen LogP) is 6.65. The summed E-state index contributed by atoms with van der Waals surface area (Å²) in [5.41, 5.74) is 1.92. The fourth-order valence-corrected chi connectivity index (χ4v) is 4.76. The minimum absolute atomic E-state index is 0.0688. The predicted molar refractivity (Wildman–Crippen MR) is 132 cm³/mol. The fourth-order valence-electron chi connectivity index (χ4n) is 3.47. The summed E-state index contributed by atoms with van der Waals surface area (Å²) in [5, 5.41) is 0.0688. The standard InChI is InChI=1S/C25H36FNO3SSi/c1-24(2,3)32(5,6)30-17-20-12-23(27-15-22(20)26)25(29-18-31-4)13-21(14-25)28-16-19-10-8-7-9-11-19/h7-12,15,21H,13-14,16-18H2,1-6H3. The number of aromatic nitrogens is 1. The molecule has 1 aromatic heterocycles. The van der Waals surface area contributed by atoms with Crippen molar-refractivity contribution in [1.29, 1.82) is 0 Å². The lowest BCUT2D eigenvalue weighted by molar-refractivity contribution is -0.173. The maximum Gasteiger partial charge on any atom is 0.192 e. The third kappa shape index (κ3) is 6.00. The first-order valence-corrected chi connectivity index (χ1v) is 15.4. The van der Waals surface area contributed by atoms with Crippen LogP contribution in [-0.4, -0.2) is 31.6 Å². The van der Waals surface area contributed by atoms with Crippen molar-refractivity contribution in [3.63, 3.8) is 0 Å². The molecular weight excluding hydrogens is 441 g/mol. The van der Waals surface area contributed by atoms with Gasteiger partial charge in [-0.25, -0.2) is 4.39 Å². The van der Waals surface area contributed by atoms with E-state index < -0.39 is 13.9 Å². The molecule has 1 aliphatic carbocycles. The summed E-state index contributed by atoms with van der Waals surface area (Å²) in [5.74, 6) is 0.226. The minimum atomic E-state index is -1.98. The second kappa shape index (κ2) is 10.3. The molecule has 1 aliphatic rings. The average Bonchev–Trinajstić information content (AvgIpc) is 2.72. The Morgan fingerprint density at radius 2 is 1.84 bits per heavy atom. The van der Waals surface area contributed by atoms with Crippen molar-refractivity contribution in [3.05, 3.63) is 65.2 Å². The number of pyridine rings is 1. The van der Waals surface area contributed by atoms with Crippen LogP contribution in [0, 0.1) is 5.82 Å². The molecule has 1 aromatic carbocycles. The summed E-state index contributed by atoms with van der Waals surface area (Å²) in [6.07, 6.45) is 4.83. The largest absolute Gasteiger partial charge is 0.412 e. The van der Waals surface area contributed by atoms with Gasteiger partial charge in [0.15, 0.2) is 8.32 Å². The van der Waals surface area contributed by atoms with Gasteiger partial charge >= 0.3 is 0 Å². The van der Waals surface area contributed by atoms with E-state index in [1.54, 1.807) is 11.8 Å². The van der Waals surface area contributed by atoms with Crippen LogP contribution >= 0.6 is 11.8 Å². The molecule has 4 nitrogen and oxygen atoms in total. The van der Waals surface area contributed by atoms with Crippen molar-refractivity contribution in [2.24, 2.45) is 0 Å². The Balaban J connectivity index is 1.70. The van der Waals surface area contributed by atoms with E-state index >= 15 is 0 Å². The van der Waals surface area contributed by atoms with Crippen LogP contribution in [0.25, 0.3) is 0 Å². The zero-order valence-electron chi connectivity index (χ0n) is 20.1. The van der Waals surface area contributed by atoms with Gasteiger partial charge in [-0.3, -0.25) is 4.98 Å². The number of thioether (sulfide) groups is 1. The molecular formula is C25H36FNO3SSi. The van der Waals surface area contributed by atoms with Crippen molar-refractivity contribution in [3.8, 4) is 0 Å². The van der Waals surface area contributed by atoms with Crippen LogP contribution in [0.15, 0.2) is 42.6 Å². The van der Waals surface area contributed by atoms with Crippen LogP contribution < -0.4 is 0 Å². The molecule has 1 fully saturated rings. The van der Waals surface area contributed by atoms with Crippen LogP contribution in [0.3, 0.4) is 0 Å². The van der Waals surface area contributed by atoms with Crippen molar-refractivity contribution in [2.45, 2.75) is 76.7 Å². The molecule has 0 N–H and O–H groups in total. The van der Waals surface area contributed by atoms with Gasteiger partial charge in [0.05, 0.1) is 37.1 Å². The molecule has 3 rings (SSSR count). The van der Waals surface area contributed by atoms with E-state index in [0.717, 1.165) is 11.3 Å². The molecule has 7 heteroatoms. The highest BCUT2D eigenvalue weighted by molar-refractivity contribution is 7.98. The number of ether oxygens (including phenoxy) is 2. The van der Waals surface area contributed by atoms with Gasteiger partial charge in [-0.05, 0) is 36.0 Å². The Kier molecular flexibility index (Phi) is 8.20. The maximum absolute atomic E-state index is 14.6. The van der Waals surface area contributed by atoms with Crippen LogP contribution in [0.1, 0.15) is 50.4 Å². The van der Waals surface area contributed by atoms with Gasteiger partial charge < -0.3 is 13.9 Å². The van der Waals surface area contributed by atoms with Gasteiger partial charge in [0.2, 0.25) is 0 Å². The molecule has 176 valence electrons. The molecule has 0 bridgehead atoms. The fraction of sp³-hybridized carbons (Fsp3) is 0.560. The van der Waals surface area contributed by atoms with E-state index in [4.69, 9.17) is 13.9 Å². The highest BCUT2D eigenvalue weighted by atomic mass is 32.2. The number of benzene rings is 1. The second-order valence-electron chi connectivity index (χ2n) is 10.1. The molecule has 0 saturated heterocycles. The van der Waals surface area contributed by atoms with Crippen molar-refractivity contribution < 1.29 is 18.3 Å². The van der Waals surface area contributed by atoms with Gasteiger partial charge in [0.1, 0.15) is 11.4 Å². The van der Waals surface area contributed by atoms with Crippen molar-refractivity contribution in [2.75, 3.05) is 12.2 Å². The molecule has 0 aliphatic heterocycles. The summed E-state index contributed by atoms with van der Waals surface area (Å²) in [6.45, 7) is 11.7. The second-order valence-corrected chi connectivity index (χ2v) is 15.7. The third-order valence-corrected chi connectivity index (χ3v) is 11.5. The Morgan fingerprint density at radius 1 is 1.16 bits per heavy atom. The summed E-state index contributed by atoms with van der Waals surface area (Å²) >= 11 is 1.62. The van der Waals surface area contributed by atoms with E-state index in [-0.39, 0.29) is 23.6 Å². The highest BCUT2D eigenvalue weighted by Crippen LogP contribution is 2.47. The quantitative estimate of drug-likeness (QED) is 0.283. The molecule has 32 heavy (non-hydrogen) atoms. The molecule has 1 heterocycles. The van der Waals surface area contributed by atoms with Crippen molar-refractivity contribution in [1.82, 2.24) is 4.98 Å². The Bertz CT molecular complexity index is 883. The molecule has 0 atom stereocenters. The van der Waals surface area contributed by atoms with Gasteiger partial charge in [-0.2, -0.15) is 0 Å². The zero-order valence-corrected chi connectivity index (χ0v) is 21.9. The number of hydrogen-bond donors (Lipinski definition) is 0. The van der Waals surface area contributed by atoms with E-state index in [1.165, 1.54) is 6.20 Å². The first-order valence-electron chi connectivity index (χ1n) is 11.1. The number of nitrogens with zero attached hydrogens (tertiary/aromatic N) is 1. The van der Waals surface area contributed by atoms with E-state index in [2.05, 4.69) is 51.0 Å². The first kappa shape index (κ1) is 25.4. The van der Waals surface area contributed by atoms with Crippen LogP contribution in [0.5, 0.6) is 0 Å².